The SMILES string of the molecule is COP(=O)(O)OCCO.N. The average molecular weight is 173 g/mol. The molecule has 6 nitrogen and oxygen atoms in total. The van der Waals surface area contributed by atoms with E-state index in [1.807, 2.05) is 0 Å². The fraction of sp³-hybridized carbons (Fsp3) is 1.00. The summed E-state index contributed by atoms with van der Waals surface area (Å²) in [6.07, 6.45) is 0. The molecule has 0 bridgehead atoms. The van der Waals surface area contributed by atoms with Crippen molar-refractivity contribution in [3.8, 4) is 0 Å². The lowest BCUT2D eigenvalue weighted by Crippen LogP contribution is -1.97. The average Bonchev–Trinajstić information content (AvgIpc) is 1.84. The lowest BCUT2D eigenvalue weighted by atomic mass is 10.8. The van der Waals surface area contributed by atoms with Crippen LogP contribution in [0.25, 0.3) is 0 Å². The Morgan fingerprint density at radius 2 is 2.10 bits per heavy atom. The van der Waals surface area contributed by atoms with Gasteiger partial charge in [0, 0.05) is 7.11 Å². The van der Waals surface area contributed by atoms with Gasteiger partial charge in [-0.1, -0.05) is 0 Å². The Morgan fingerprint density at radius 3 is 2.40 bits per heavy atom. The van der Waals surface area contributed by atoms with Crippen LogP contribution in [0.5, 0.6) is 0 Å². The van der Waals surface area contributed by atoms with E-state index in [9.17, 15) is 4.57 Å². The highest BCUT2D eigenvalue weighted by Crippen LogP contribution is 2.41. The van der Waals surface area contributed by atoms with Crippen LogP contribution in [0.3, 0.4) is 0 Å². The summed E-state index contributed by atoms with van der Waals surface area (Å²) in [6, 6.07) is 0. The minimum absolute atomic E-state index is 0. The molecule has 0 aromatic carbocycles. The molecule has 1 unspecified atom stereocenters. The Balaban J connectivity index is 0. The maximum atomic E-state index is 10.3. The van der Waals surface area contributed by atoms with Crippen LogP contribution in [-0.2, 0) is 13.6 Å². The number of hydrogen-bond acceptors (Lipinski definition) is 5. The van der Waals surface area contributed by atoms with Crippen molar-refractivity contribution in [2.24, 2.45) is 0 Å². The number of hydrogen-bond donors (Lipinski definition) is 3. The standard InChI is InChI=1S/C3H9O5P.H3N/c1-7-9(5,6)8-3-2-4;/h4H,2-3H2,1H3,(H,5,6);1H3. The Hall–Kier alpha value is 0.0300. The molecule has 5 N–H and O–H groups in total. The maximum Gasteiger partial charge on any atom is 0.471 e. The van der Waals surface area contributed by atoms with Gasteiger partial charge in [-0.25, -0.2) is 4.57 Å². The van der Waals surface area contributed by atoms with Crippen LogP contribution in [0, 0.1) is 0 Å². The van der Waals surface area contributed by atoms with Gasteiger partial charge < -0.3 is 16.2 Å². The largest absolute Gasteiger partial charge is 0.471 e. The molecular weight excluding hydrogens is 161 g/mol. The predicted molar refractivity (Wildman–Crippen MR) is 34.9 cm³/mol. The van der Waals surface area contributed by atoms with Gasteiger partial charge in [-0.2, -0.15) is 0 Å². The minimum atomic E-state index is -3.85. The van der Waals surface area contributed by atoms with Crippen LogP contribution in [-0.4, -0.2) is 30.3 Å². The Morgan fingerprint density at radius 1 is 1.60 bits per heavy atom. The molecule has 0 heterocycles. The summed E-state index contributed by atoms with van der Waals surface area (Å²) in [6.45, 7) is -0.491. The Labute approximate surface area is 59.0 Å². The van der Waals surface area contributed by atoms with Gasteiger partial charge in [0.2, 0.25) is 0 Å². The van der Waals surface area contributed by atoms with Crippen molar-refractivity contribution < 1.29 is 23.6 Å². The molecule has 0 radical (unpaired) electrons. The molecule has 1 atom stereocenters. The van der Waals surface area contributed by atoms with Gasteiger partial charge in [-0.3, -0.25) is 9.05 Å². The number of aliphatic hydroxyl groups is 1. The second kappa shape index (κ2) is 5.79. The smallest absolute Gasteiger partial charge is 0.394 e. The van der Waals surface area contributed by atoms with E-state index < -0.39 is 7.82 Å². The van der Waals surface area contributed by atoms with Crippen molar-refractivity contribution in [3.63, 3.8) is 0 Å². The van der Waals surface area contributed by atoms with E-state index in [2.05, 4.69) is 9.05 Å². The van der Waals surface area contributed by atoms with E-state index in [1.54, 1.807) is 0 Å². The minimum Gasteiger partial charge on any atom is -0.394 e. The fourth-order valence-corrected chi connectivity index (χ4v) is 0.627. The van der Waals surface area contributed by atoms with Gasteiger partial charge in [0.1, 0.15) is 0 Å². The topological polar surface area (TPSA) is 111 Å². The molecule has 0 saturated carbocycles. The first-order chi connectivity index (χ1) is 4.12. The molecule has 0 rings (SSSR count). The molecular formula is C3H12NO5P. The normalized spacial score (nSPS) is 15.5. The molecule has 0 amide bonds. The lowest BCUT2D eigenvalue weighted by Gasteiger charge is -2.06. The molecule has 0 aliphatic rings. The van der Waals surface area contributed by atoms with Crippen LogP contribution in [0.15, 0.2) is 0 Å². The molecule has 0 aliphatic carbocycles. The van der Waals surface area contributed by atoms with Crippen LogP contribution in [0.2, 0.25) is 0 Å². The summed E-state index contributed by atoms with van der Waals surface area (Å²) in [7, 11) is -2.80. The van der Waals surface area contributed by atoms with Crippen molar-refractivity contribution in [2.75, 3.05) is 20.3 Å². The number of phosphoric ester groups is 1. The third kappa shape index (κ3) is 6.15. The quantitative estimate of drug-likeness (QED) is 0.512. The Kier molecular flexibility index (Phi) is 7.34. The number of rotatable bonds is 4. The van der Waals surface area contributed by atoms with Gasteiger partial charge >= 0.3 is 7.82 Å². The Bertz CT molecular complexity index is 117. The molecule has 0 saturated heterocycles. The summed E-state index contributed by atoms with van der Waals surface area (Å²) in [5.74, 6) is 0. The van der Waals surface area contributed by atoms with Crippen LogP contribution in [0.1, 0.15) is 0 Å². The second-order valence-corrected chi connectivity index (χ2v) is 2.77. The van der Waals surface area contributed by atoms with E-state index in [1.165, 1.54) is 0 Å². The van der Waals surface area contributed by atoms with Crippen LogP contribution < -0.4 is 6.15 Å². The molecule has 0 spiro atoms. The zero-order chi connectivity index (χ0) is 7.33. The zero-order valence-corrected chi connectivity index (χ0v) is 6.58. The molecule has 0 aromatic rings. The van der Waals surface area contributed by atoms with E-state index in [0.29, 0.717) is 0 Å². The summed E-state index contributed by atoms with van der Waals surface area (Å²) >= 11 is 0. The predicted octanol–water partition coefficient (Wildman–Crippen LogP) is -0.0959. The second-order valence-electron chi connectivity index (χ2n) is 1.21. The van der Waals surface area contributed by atoms with Crippen molar-refractivity contribution in [2.45, 2.75) is 0 Å². The molecule has 0 aliphatic heterocycles. The molecule has 64 valence electrons. The first-order valence-corrected chi connectivity index (χ1v) is 3.76. The first kappa shape index (κ1) is 12.7. The lowest BCUT2D eigenvalue weighted by molar-refractivity contribution is 0.138. The van der Waals surface area contributed by atoms with Crippen LogP contribution in [0.4, 0.5) is 0 Å². The number of phosphoric acid groups is 1. The molecule has 10 heavy (non-hydrogen) atoms. The van der Waals surface area contributed by atoms with Crippen LogP contribution >= 0.6 is 7.82 Å². The van der Waals surface area contributed by atoms with Gasteiger partial charge in [0.25, 0.3) is 0 Å². The van der Waals surface area contributed by atoms with E-state index >= 15 is 0 Å². The highest BCUT2D eigenvalue weighted by molar-refractivity contribution is 7.47. The van der Waals surface area contributed by atoms with Crippen molar-refractivity contribution >= 4 is 7.82 Å². The van der Waals surface area contributed by atoms with Gasteiger partial charge in [-0.05, 0) is 0 Å². The van der Waals surface area contributed by atoms with E-state index in [-0.39, 0.29) is 19.4 Å². The number of aliphatic hydroxyl groups excluding tert-OH is 1. The van der Waals surface area contributed by atoms with Crippen molar-refractivity contribution in [3.05, 3.63) is 0 Å². The summed E-state index contributed by atoms with van der Waals surface area (Å²) in [5.41, 5.74) is 0. The highest BCUT2D eigenvalue weighted by Gasteiger charge is 2.16. The van der Waals surface area contributed by atoms with Gasteiger partial charge in [0.15, 0.2) is 0 Å². The first-order valence-electron chi connectivity index (χ1n) is 2.26. The monoisotopic (exact) mass is 173 g/mol. The summed E-state index contributed by atoms with van der Waals surface area (Å²) in [5, 5.41) is 8.11. The fourth-order valence-electron chi connectivity index (χ4n) is 0.209. The summed E-state index contributed by atoms with van der Waals surface area (Å²) in [4.78, 5) is 8.45. The molecule has 7 heteroatoms. The van der Waals surface area contributed by atoms with Crippen molar-refractivity contribution in [1.29, 1.82) is 0 Å². The highest BCUT2D eigenvalue weighted by atomic mass is 31.2. The van der Waals surface area contributed by atoms with Gasteiger partial charge in [0.05, 0.1) is 13.2 Å². The van der Waals surface area contributed by atoms with E-state index in [0.717, 1.165) is 7.11 Å². The third-order valence-electron chi connectivity index (χ3n) is 0.576. The molecule has 0 fully saturated rings. The third-order valence-corrected chi connectivity index (χ3v) is 1.55. The van der Waals surface area contributed by atoms with Gasteiger partial charge in [-0.15, -0.1) is 0 Å². The maximum absolute atomic E-state index is 10.3. The van der Waals surface area contributed by atoms with Crippen molar-refractivity contribution in [1.82, 2.24) is 6.15 Å². The molecule has 0 aromatic heterocycles. The van der Waals surface area contributed by atoms with E-state index in [4.69, 9.17) is 10.00 Å². The zero-order valence-electron chi connectivity index (χ0n) is 5.69. The summed E-state index contributed by atoms with van der Waals surface area (Å²) < 4.78 is 18.5.